The summed E-state index contributed by atoms with van der Waals surface area (Å²) in [6.45, 7) is 4.73. The summed E-state index contributed by atoms with van der Waals surface area (Å²) in [5.41, 5.74) is 0. The number of ether oxygens (including phenoxy) is 1. The van der Waals surface area contributed by atoms with Crippen LogP contribution in [-0.4, -0.2) is 51.2 Å². The van der Waals surface area contributed by atoms with Gasteiger partial charge in [0.15, 0.2) is 0 Å². The largest absolute Gasteiger partial charge is 0.383 e. The van der Waals surface area contributed by atoms with Gasteiger partial charge in [0.05, 0.1) is 6.61 Å². The maximum absolute atomic E-state index is 11.8. The molecule has 1 atom stereocenters. The molecule has 1 saturated heterocycles. The third-order valence-corrected chi connectivity index (χ3v) is 3.61. The van der Waals surface area contributed by atoms with Crippen molar-refractivity contribution in [2.45, 2.75) is 38.6 Å². The first-order valence-corrected chi connectivity index (χ1v) is 7.40. The first-order valence-electron chi connectivity index (χ1n) is 7.40. The van der Waals surface area contributed by atoms with Gasteiger partial charge in [0.1, 0.15) is 6.04 Å². The van der Waals surface area contributed by atoms with E-state index in [0.717, 1.165) is 32.4 Å². The lowest BCUT2D eigenvalue weighted by molar-refractivity contribution is -0.128. The summed E-state index contributed by atoms with van der Waals surface area (Å²) >= 11 is 0. The van der Waals surface area contributed by atoms with Crippen LogP contribution in [0.1, 0.15) is 32.6 Å². The molecule has 116 valence electrons. The van der Waals surface area contributed by atoms with Crippen LogP contribution in [0.15, 0.2) is 0 Å². The van der Waals surface area contributed by atoms with Crippen molar-refractivity contribution in [2.75, 3.05) is 33.4 Å². The van der Waals surface area contributed by atoms with Crippen LogP contribution in [0.3, 0.4) is 0 Å². The zero-order chi connectivity index (χ0) is 14.8. The Bertz CT molecular complexity index is 304. The number of rotatable bonds is 8. The molecule has 0 aromatic carbocycles. The van der Waals surface area contributed by atoms with Gasteiger partial charge in [-0.1, -0.05) is 0 Å². The molecule has 1 aliphatic heterocycles. The molecule has 6 nitrogen and oxygen atoms in total. The third kappa shape index (κ3) is 6.86. The number of hydrogen-bond acceptors (Lipinski definition) is 4. The van der Waals surface area contributed by atoms with Crippen molar-refractivity contribution in [3.8, 4) is 0 Å². The SMILES string of the molecule is COCCNC(=O)C(C)NC(=O)CCC1CCNCC1. The highest BCUT2D eigenvalue weighted by molar-refractivity contribution is 5.87. The lowest BCUT2D eigenvalue weighted by Gasteiger charge is -2.22. The number of piperidine rings is 1. The normalized spacial score (nSPS) is 17.5. The first-order chi connectivity index (χ1) is 9.63. The highest BCUT2D eigenvalue weighted by Gasteiger charge is 2.17. The lowest BCUT2D eigenvalue weighted by Crippen LogP contribution is -2.45. The fourth-order valence-electron chi connectivity index (χ4n) is 2.31. The van der Waals surface area contributed by atoms with E-state index in [9.17, 15) is 9.59 Å². The van der Waals surface area contributed by atoms with Crippen LogP contribution >= 0.6 is 0 Å². The molecule has 1 fully saturated rings. The predicted octanol–water partition coefficient (Wildman–Crippen LogP) is 0.0335. The fourth-order valence-corrected chi connectivity index (χ4v) is 2.31. The van der Waals surface area contributed by atoms with Crippen molar-refractivity contribution in [3.63, 3.8) is 0 Å². The van der Waals surface area contributed by atoms with Crippen molar-refractivity contribution in [3.05, 3.63) is 0 Å². The van der Waals surface area contributed by atoms with E-state index in [-0.39, 0.29) is 11.8 Å². The minimum atomic E-state index is -0.493. The van der Waals surface area contributed by atoms with Crippen molar-refractivity contribution >= 4 is 11.8 Å². The molecule has 0 aromatic rings. The molecule has 0 aromatic heterocycles. The maximum Gasteiger partial charge on any atom is 0.242 e. The summed E-state index contributed by atoms with van der Waals surface area (Å²) in [6.07, 6.45) is 3.69. The molecule has 1 unspecified atom stereocenters. The maximum atomic E-state index is 11.8. The van der Waals surface area contributed by atoms with Crippen molar-refractivity contribution < 1.29 is 14.3 Å². The molecule has 0 bridgehead atoms. The van der Waals surface area contributed by atoms with Gasteiger partial charge < -0.3 is 20.7 Å². The quantitative estimate of drug-likeness (QED) is 0.550. The van der Waals surface area contributed by atoms with E-state index < -0.39 is 6.04 Å². The summed E-state index contributed by atoms with van der Waals surface area (Å²) in [5, 5.41) is 8.76. The van der Waals surface area contributed by atoms with Gasteiger partial charge in [-0.15, -0.1) is 0 Å². The van der Waals surface area contributed by atoms with E-state index in [1.807, 2.05) is 0 Å². The minimum absolute atomic E-state index is 0.0436. The van der Waals surface area contributed by atoms with Crippen LogP contribution in [0.5, 0.6) is 0 Å². The molecule has 0 saturated carbocycles. The molecule has 3 N–H and O–H groups in total. The smallest absolute Gasteiger partial charge is 0.242 e. The van der Waals surface area contributed by atoms with E-state index in [0.29, 0.717) is 25.5 Å². The van der Waals surface area contributed by atoms with Crippen LogP contribution in [-0.2, 0) is 14.3 Å². The van der Waals surface area contributed by atoms with Crippen LogP contribution < -0.4 is 16.0 Å². The molecule has 2 amide bonds. The highest BCUT2D eigenvalue weighted by Crippen LogP contribution is 2.17. The van der Waals surface area contributed by atoms with Crippen LogP contribution in [0.2, 0.25) is 0 Å². The average Bonchev–Trinajstić information content (AvgIpc) is 2.46. The Balaban J connectivity index is 2.14. The van der Waals surface area contributed by atoms with Gasteiger partial charge in [0, 0.05) is 20.1 Å². The number of carbonyl (C=O) groups is 2. The zero-order valence-corrected chi connectivity index (χ0v) is 12.5. The van der Waals surface area contributed by atoms with Crippen molar-refractivity contribution in [2.24, 2.45) is 5.92 Å². The second kappa shape index (κ2) is 9.72. The van der Waals surface area contributed by atoms with Gasteiger partial charge in [0.2, 0.25) is 11.8 Å². The van der Waals surface area contributed by atoms with E-state index in [4.69, 9.17) is 4.74 Å². The first kappa shape index (κ1) is 16.9. The molecule has 1 heterocycles. The number of nitrogens with one attached hydrogen (secondary N) is 3. The third-order valence-electron chi connectivity index (χ3n) is 3.61. The summed E-state index contributed by atoms with van der Waals surface area (Å²) < 4.78 is 4.85. The molecule has 0 radical (unpaired) electrons. The molecule has 20 heavy (non-hydrogen) atoms. The zero-order valence-electron chi connectivity index (χ0n) is 12.5. The summed E-state index contributed by atoms with van der Waals surface area (Å²) in [5.74, 6) is 0.419. The van der Waals surface area contributed by atoms with Crippen LogP contribution in [0, 0.1) is 5.92 Å². The van der Waals surface area contributed by atoms with Gasteiger partial charge in [-0.05, 0) is 45.2 Å². The van der Waals surface area contributed by atoms with Crippen LogP contribution in [0.25, 0.3) is 0 Å². The van der Waals surface area contributed by atoms with Gasteiger partial charge in [-0.2, -0.15) is 0 Å². The monoisotopic (exact) mass is 285 g/mol. The van der Waals surface area contributed by atoms with E-state index >= 15 is 0 Å². The molecular weight excluding hydrogens is 258 g/mol. The molecule has 1 rings (SSSR count). The topological polar surface area (TPSA) is 79.5 Å². The van der Waals surface area contributed by atoms with Crippen LogP contribution in [0.4, 0.5) is 0 Å². The molecule has 6 heteroatoms. The Morgan fingerprint density at radius 1 is 1.35 bits per heavy atom. The minimum Gasteiger partial charge on any atom is -0.383 e. The van der Waals surface area contributed by atoms with Gasteiger partial charge in [-0.25, -0.2) is 0 Å². The Morgan fingerprint density at radius 3 is 2.70 bits per heavy atom. The Labute approximate surface area is 121 Å². The highest BCUT2D eigenvalue weighted by atomic mass is 16.5. The summed E-state index contributed by atoms with van der Waals surface area (Å²) in [6, 6.07) is -0.493. The van der Waals surface area contributed by atoms with E-state index in [1.54, 1.807) is 14.0 Å². The molecule has 1 aliphatic rings. The van der Waals surface area contributed by atoms with Gasteiger partial charge in [0.25, 0.3) is 0 Å². The van der Waals surface area contributed by atoms with Gasteiger partial charge >= 0.3 is 0 Å². The van der Waals surface area contributed by atoms with Crippen molar-refractivity contribution in [1.29, 1.82) is 0 Å². The Kier molecular flexibility index (Phi) is 8.22. The van der Waals surface area contributed by atoms with E-state index in [2.05, 4.69) is 16.0 Å². The summed E-state index contributed by atoms with van der Waals surface area (Å²) in [7, 11) is 1.58. The molecular formula is C14H27N3O3. The van der Waals surface area contributed by atoms with Crippen molar-refractivity contribution in [1.82, 2.24) is 16.0 Å². The Morgan fingerprint density at radius 2 is 2.05 bits per heavy atom. The second-order valence-electron chi connectivity index (χ2n) is 5.31. The number of amides is 2. The number of methoxy groups -OCH3 is 1. The van der Waals surface area contributed by atoms with Gasteiger partial charge in [-0.3, -0.25) is 9.59 Å². The number of carbonyl (C=O) groups excluding carboxylic acids is 2. The second-order valence-corrected chi connectivity index (χ2v) is 5.31. The lowest BCUT2D eigenvalue weighted by atomic mass is 9.93. The Hall–Kier alpha value is -1.14. The molecule has 0 spiro atoms. The average molecular weight is 285 g/mol. The standard InChI is InChI=1S/C14H27N3O3/c1-11(14(19)16-9-10-20-2)17-13(18)4-3-12-5-7-15-8-6-12/h11-12,15H,3-10H2,1-2H3,(H,16,19)(H,17,18). The number of hydrogen-bond donors (Lipinski definition) is 3. The summed E-state index contributed by atoms with van der Waals surface area (Å²) in [4.78, 5) is 23.5. The predicted molar refractivity (Wildman–Crippen MR) is 77.3 cm³/mol. The van der Waals surface area contributed by atoms with E-state index in [1.165, 1.54) is 0 Å². The fraction of sp³-hybridized carbons (Fsp3) is 0.857. The molecule has 0 aliphatic carbocycles.